The van der Waals surface area contributed by atoms with Crippen molar-refractivity contribution in [3.63, 3.8) is 0 Å². The van der Waals surface area contributed by atoms with Gasteiger partial charge in [0.15, 0.2) is 0 Å². The van der Waals surface area contributed by atoms with Crippen molar-refractivity contribution < 1.29 is 19.4 Å². The average Bonchev–Trinajstić information content (AvgIpc) is 2.45. The zero-order valence-corrected chi connectivity index (χ0v) is 12.7. The van der Waals surface area contributed by atoms with E-state index < -0.39 is 12.0 Å². The maximum atomic E-state index is 11.8. The fraction of sp³-hybridized carbons (Fsp3) is 0.846. The van der Waals surface area contributed by atoms with Gasteiger partial charge >= 0.3 is 5.97 Å². The summed E-state index contributed by atoms with van der Waals surface area (Å²) in [6.07, 6.45) is 3.14. The van der Waals surface area contributed by atoms with Crippen LogP contribution >= 0.6 is 11.8 Å². The summed E-state index contributed by atoms with van der Waals surface area (Å²) in [5.41, 5.74) is 0. The summed E-state index contributed by atoms with van der Waals surface area (Å²) in [5.74, 6) is -0.849. The lowest BCUT2D eigenvalue weighted by atomic mass is 10.1. The molecular weight excluding hydrogens is 280 g/mol. The average molecular weight is 304 g/mol. The summed E-state index contributed by atoms with van der Waals surface area (Å²) in [7, 11) is 1.57. The van der Waals surface area contributed by atoms with Crippen LogP contribution in [0.2, 0.25) is 0 Å². The van der Waals surface area contributed by atoms with Crippen molar-refractivity contribution in [1.29, 1.82) is 0 Å². The van der Waals surface area contributed by atoms with E-state index in [0.717, 1.165) is 25.9 Å². The van der Waals surface area contributed by atoms with Crippen LogP contribution in [-0.4, -0.2) is 60.8 Å². The number of hydrogen-bond donors (Lipinski definition) is 3. The van der Waals surface area contributed by atoms with Gasteiger partial charge in [-0.15, -0.1) is 11.8 Å². The summed E-state index contributed by atoms with van der Waals surface area (Å²) in [6.45, 7) is 2.49. The maximum absolute atomic E-state index is 11.8. The molecule has 1 rings (SSSR count). The smallest absolute Gasteiger partial charge is 0.326 e. The van der Waals surface area contributed by atoms with Crippen LogP contribution < -0.4 is 10.6 Å². The van der Waals surface area contributed by atoms with Crippen LogP contribution in [0.25, 0.3) is 0 Å². The summed E-state index contributed by atoms with van der Waals surface area (Å²) in [5, 5.41) is 15.4. The molecule has 0 saturated carbocycles. The molecule has 3 N–H and O–H groups in total. The first-order valence-electron chi connectivity index (χ1n) is 6.97. The predicted molar refractivity (Wildman–Crippen MR) is 79.0 cm³/mol. The van der Waals surface area contributed by atoms with Gasteiger partial charge in [0.25, 0.3) is 0 Å². The molecule has 6 nitrogen and oxygen atoms in total. The topological polar surface area (TPSA) is 87.7 Å². The number of hydrogen-bond acceptors (Lipinski definition) is 5. The second-order valence-corrected chi connectivity index (χ2v) is 6.14. The van der Waals surface area contributed by atoms with Gasteiger partial charge < -0.3 is 20.5 Å². The molecule has 20 heavy (non-hydrogen) atoms. The number of methoxy groups -OCH3 is 1. The molecule has 1 amide bonds. The minimum absolute atomic E-state index is 0.196. The first kappa shape index (κ1) is 17.3. The number of carboxylic acids is 1. The van der Waals surface area contributed by atoms with Crippen LogP contribution in [0.1, 0.15) is 25.7 Å². The highest BCUT2D eigenvalue weighted by atomic mass is 32.2. The van der Waals surface area contributed by atoms with Gasteiger partial charge in [-0.3, -0.25) is 4.79 Å². The molecule has 0 aliphatic carbocycles. The Hall–Kier alpha value is -0.790. The van der Waals surface area contributed by atoms with E-state index in [0.29, 0.717) is 30.5 Å². The molecule has 1 aliphatic rings. The molecule has 0 bridgehead atoms. The highest BCUT2D eigenvalue weighted by Crippen LogP contribution is 2.19. The number of carbonyl (C=O) groups excluding carboxylic acids is 1. The zero-order valence-electron chi connectivity index (χ0n) is 11.9. The van der Waals surface area contributed by atoms with Crippen LogP contribution in [0, 0.1) is 0 Å². The first-order chi connectivity index (χ1) is 9.63. The number of rotatable bonds is 9. The minimum atomic E-state index is -0.985. The molecule has 116 valence electrons. The highest BCUT2D eigenvalue weighted by Gasteiger charge is 2.20. The Morgan fingerprint density at radius 1 is 1.45 bits per heavy atom. The Balaban J connectivity index is 2.24. The lowest BCUT2D eigenvalue weighted by molar-refractivity contribution is -0.141. The van der Waals surface area contributed by atoms with Crippen molar-refractivity contribution in [3.05, 3.63) is 0 Å². The Morgan fingerprint density at radius 2 is 2.15 bits per heavy atom. The minimum Gasteiger partial charge on any atom is -0.480 e. The van der Waals surface area contributed by atoms with Crippen molar-refractivity contribution in [1.82, 2.24) is 10.6 Å². The Kier molecular flexibility index (Phi) is 8.64. The van der Waals surface area contributed by atoms with Crippen molar-refractivity contribution in [2.45, 2.75) is 37.0 Å². The van der Waals surface area contributed by atoms with Gasteiger partial charge in [-0.25, -0.2) is 4.79 Å². The Morgan fingerprint density at radius 3 is 2.75 bits per heavy atom. The highest BCUT2D eigenvalue weighted by molar-refractivity contribution is 8.00. The van der Waals surface area contributed by atoms with Crippen molar-refractivity contribution in [2.24, 2.45) is 0 Å². The molecule has 0 spiro atoms. The van der Waals surface area contributed by atoms with E-state index in [4.69, 9.17) is 9.84 Å². The molecular formula is C13H24N2O4S. The quantitative estimate of drug-likeness (QED) is 0.537. The van der Waals surface area contributed by atoms with Gasteiger partial charge in [0.1, 0.15) is 6.04 Å². The number of carbonyl (C=O) groups is 2. The van der Waals surface area contributed by atoms with Crippen LogP contribution in [-0.2, 0) is 14.3 Å². The number of amides is 1. The largest absolute Gasteiger partial charge is 0.480 e. The molecule has 1 heterocycles. The van der Waals surface area contributed by atoms with Crippen LogP contribution in [0.5, 0.6) is 0 Å². The van der Waals surface area contributed by atoms with E-state index in [2.05, 4.69) is 10.6 Å². The van der Waals surface area contributed by atoms with Gasteiger partial charge in [0.05, 0.1) is 5.75 Å². The summed E-state index contributed by atoms with van der Waals surface area (Å²) >= 11 is 1.62. The van der Waals surface area contributed by atoms with E-state index in [1.807, 2.05) is 0 Å². The molecule has 0 aromatic carbocycles. The lowest BCUT2D eigenvalue weighted by Gasteiger charge is -2.22. The fourth-order valence-corrected chi connectivity index (χ4v) is 3.12. The Bertz CT molecular complexity index is 309. The third kappa shape index (κ3) is 7.12. The molecule has 1 aliphatic heterocycles. The normalized spacial score (nSPS) is 17.6. The number of thioether (sulfide) groups is 1. The third-order valence-electron chi connectivity index (χ3n) is 3.21. The summed E-state index contributed by atoms with van der Waals surface area (Å²) < 4.78 is 4.89. The van der Waals surface area contributed by atoms with E-state index in [-0.39, 0.29) is 5.91 Å². The number of ether oxygens (including phenoxy) is 1. The van der Waals surface area contributed by atoms with Gasteiger partial charge in [-0.1, -0.05) is 0 Å². The lowest BCUT2D eigenvalue weighted by Crippen LogP contribution is -2.42. The van der Waals surface area contributed by atoms with Crippen LogP contribution in [0.15, 0.2) is 0 Å². The second kappa shape index (κ2) is 10.0. The second-order valence-electron chi connectivity index (χ2n) is 4.85. The fourth-order valence-electron chi connectivity index (χ4n) is 2.08. The van der Waals surface area contributed by atoms with Crippen molar-refractivity contribution >= 4 is 23.6 Å². The molecule has 7 heteroatoms. The molecule has 0 radical (unpaired) electrons. The van der Waals surface area contributed by atoms with Crippen LogP contribution in [0.4, 0.5) is 0 Å². The predicted octanol–water partition coefficient (Wildman–Crippen LogP) is 0.468. The van der Waals surface area contributed by atoms with E-state index in [1.165, 1.54) is 0 Å². The molecule has 1 fully saturated rings. The van der Waals surface area contributed by atoms with Gasteiger partial charge in [0, 0.05) is 19.0 Å². The number of nitrogens with one attached hydrogen (secondary N) is 2. The maximum Gasteiger partial charge on any atom is 0.326 e. The SMILES string of the molecule is COCCCC(NC(=O)CSC1CCNCC1)C(=O)O. The van der Waals surface area contributed by atoms with E-state index >= 15 is 0 Å². The molecule has 0 aromatic rings. The standard InChI is InChI=1S/C13H24N2O4S/c1-19-8-2-3-11(13(17)18)15-12(16)9-20-10-4-6-14-7-5-10/h10-11,14H,2-9H2,1H3,(H,15,16)(H,17,18). The monoisotopic (exact) mass is 304 g/mol. The molecule has 1 saturated heterocycles. The van der Waals surface area contributed by atoms with Gasteiger partial charge in [-0.05, 0) is 38.8 Å². The molecule has 0 aromatic heterocycles. The van der Waals surface area contributed by atoms with Gasteiger partial charge in [-0.2, -0.15) is 0 Å². The third-order valence-corrected chi connectivity index (χ3v) is 4.58. The Labute approximate surface area is 124 Å². The van der Waals surface area contributed by atoms with Crippen molar-refractivity contribution in [2.75, 3.05) is 32.6 Å². The van der Waals surface area contributed by atoms with Crippen LogP contribution in [0.3, 0.4) is 0 Å². The number of piperidine rings is 1. The zero-order chi connectivity index (χ0) is 14.8. The van der Waals surface area contributed by atoms with E-state index in [1.54, 1.807) is 18.9 Å². The van der Waals surface area contributed by atoms with Crippen molar-refractivity contribution in [3.8, 4) is 0 Å². The van der Waals surface area contributed by atoms with Gasteiger partial charge in [0.2, 0.25) is 5.91 Å². The number of aliphatic carboxylic acids is 1. The molecule has 1 unspecified atom stereocenters. The van der Waals surface area contributed by atoms with E-state index in [9.17, 15) is 9.59 Å². The number of carboxylic acid groups (broad SMARTS) is 1. The first-order valence-corrected chi connectivity index (χ1v) is 8.01. The summed E-state index contributed by atoms with van der Waals surface area (Å²) in [6, 6.07) is -0.814. The molecule has 1 atom stereocenters. The summed E-state index contributed by atoms with van der Waals surface area (Å²) in [4.78, 5) is 22.9.